The molecular formula is C39H24N2O2. The average molecular weight is 553 g/mol. The Bertz CT molecular complexity index is 2600. The van der Waals surface area contributed by atoms with Crippen LogP contribution in [0.25, 0.3) is 87.3 Å². The predicted octanol–water partition coefficient (Wildman–Crippen LogP) is 11.4. The van der Waals surface area contributed by atoms with Crippen LogP contribution in [-0.2, 0) is 0 Å². The Morgan fingerprint density at radius 2 is 1.23 bits per heavy atom. The van der Waals surface area contributed by atoms with Crippen molar-refractivity contribution in [1.29, 1.82) is 0 Å². The van der Waals surface area contributed by atoms with E-state index in [9.17, 15) is 0 Å². The molecule has 4 nitrogen and oxygen atoms in total. The monoisotopic (exact) mass is 552 g/mol. The van der Waals surface area contributed by atoms with Gasteiger partial charge in [-0.05, 0) is 85.6 Å². The van der Waals surface area contributed by atoms with Crippen LogP contribution in [0.5, 0.6) is 0 Å². The van der Waals surface area contributed by atoms with E-state index >= 15 is 0 Å². The van der Waals surface area contributed by atoms with E-state index < -0.39 is 0 Å². The lowest BCUT2D eigenvalue weighted by Gasteiger charge is -2.09. The maximum absolute atomic E-state index is 8.07. The Morgan fingerprint density at radius 1 is 0.535 bits per heavy atom. The summed E-state index contributed by atoms with van der Waals surface area (Å²) in [6, 6.07) is 37.9. The Kier molecular flexibility index (Phi) is 4.78. The van der Waals surface area contributed by atoms with Crippen molar-refractivity contribution in [3.8, 4) is 16.8 Å². The summed E-state index contributed by atoms with van der Waals surface area (Å²) >= 11 is 0. The zero-order valence-corrected chi connectivity index (χ0v) is 23.6. The van der Waals surface area contributed by atoms with E-state index in [1.807, 2.05) is 30.3 Å². The summed E-state index contributed by atoms with van der Waals surface area (Å²) in [5, 5.41) is 6.51. The van der Waals surface area contributed by atoms with Gasteiger partial charge in [0.2, 0.25) is 5.69 Å². The van der Waals surface area contributed by atoms with E-state index in [-0.39, 0.29) is 0 Å². The van der Waals surface area contributed by atoms with Crippen molar-refractivity contribution in [2.75, 3.05) is 0 Å². The lowest BCUT2D eigenvalue weighted by Crippen LogP contribution is -1.94. The van der Waals surface area contributed by atoms with Crippen LogP contribution in [0.3, 0.4) is 0 Å². The minimum Gasteiger partial charge on any atom is -0.465 e. The highest BCUT2D eigenvalue weighted by atomic mass is 16.3. The summed E-state index contributed by atoms with van der Waals surface area (Å²) in [6.45, 7) is 12.3. The molecule has 9 aromatic rings. The number of rotatable bonds is 2. The Hall–Kier alpha value is -5.79. The molecule has 0 spiro atoms. The number of benzene rings is 6. The average Bonchev–Trinajstić information content (AvgIpc) is 3.69. The summed E-state index contributed by atoms with van der Waals surface area (Å²) in [6.07, 6.45) is 0. The normalized spacial score (nSPS) is 11.9. The van der Waals surface area contributed by atoms with Crippen LogP contribution in [0.15, 0.2) is 118 Å². The van der Waals surface area contributed by atoms with E-state index in [0.717, 1.165) is 66.1 Å². The maximum Gasteiger partial charge on any atom is 0.230 e. The van der Waals surface area contributed by atoms with Gasteiger partial charge in [-0.1, -0.05) is 59.7 Å². The molecule has 0 amide bonds. The van der Waals surface area contributed by atoms with Gasteiger partial charge in [0.25, 0.3) is 0 Å². The van der Waals surface area contributed by atoms with Crippen LogP contribution >= 0.6 is 0 Å². The SMILES string of the molecule is [C-]#[N+]c1cc(-c2ccc3oc4ccccc4c3c2)cc2c1oc1c(-n3c4ccc(C)cc4c4cc(C)ccc43)cccc12. The molecule has 43 heavy (non-hydrogen) atoms. The van der Waals surface area contributed by atoms with Gasteiger partial charge in [-0.15, -0.1) is 0 Å². The van der Waals surface area contributed by atoms with Gasteiger partial charge in [0.15, 0.2) is 5.58 Å². The first kappa shape index (κ1) is 23.9. The van der Waals surface area contributed by atoms with Gasteiger partial charge in [0, 0.05) is 32.3 Å². The molecular weight excluding hydrogens is 528 g/mol. The van der Waals surface area contributed by atoms with Crippen molar-refractivity contribution in [2.45, 2.75) is 13.8 Å². The number of fused-ring (bicyclic) bond motifs is 9. The molecule has 0 unspecified atom stereocenters. The fourth-order valence-electron chi connectivity index (χ4n) is 6.71. The predicted molar refractivity (Wildman–Crippen MR) is 177 cm³/mol. The summed E-state index contributed by atoms with van der Waals surface area (Å²) in [7, 11) is 0. The van der Waals surface area contributed by atoms with E-state index in [0.29, 0.717) is 11.3 Å². The van der Waals surface area contributed by atoms with Crippen LogP contribution in [0, 0.1) is 20.4 Å². The number of furan rings is 2. The van der Waals surface area contributed by atoms with Crippen LogP contribution in [0.4, 0.5) is 5.69 Å². The molecule has 0 aliphatic carbocycles. The van der Waals surface area contributed by atoms with E-state index in [4.69, 9.17) is 15.4 Å². The van der Waals surface area contributed by atoms with Crippen LogP contribution in [0.2, 0.25) is 0 Å². The number of hydrogen-bond acceptors (Lipinski definition) is 2. The van der Waals surface area contributed by atoms with Gasteiger partial charge < -0.3 is 13.4 Å². The lowest BCUT2D eigenvalue weighted by atomic mass is 9.99. The summed E-state index contributed by atoms with van der Waals surface area (Å²) in [4.78, 5) is 3.92. The highest BCUT2D eigenvalue weighted by molar-refractivity contribution is 6.15. The molecule has 0 saturated heterocycles. The molecule has 0 fully saturated rings. The zero-order chi connectivity index (χ0) is 28.8. The molecule has 9 rings (SSSR count). The molecule has 0 bridgehead atoms. The zero-order valence-electron chi connectivity index (χ0n) is 23.6. The maximum atomic E-state index is 8.07. The van der Waals surface area contributed by atoms with Gasteiger partial charge >= 0.3 is 0 Å². The second kappa shape index (κ2) is 8.61. The third-order valence-electron chi connectivity index (χ3n) is 8.71. The number of nitrogens with zero attached hydrogens (tertiary/aromatic N) is 2. The number of aryl methyl sites for hydroxylation is 2. The third-order valence-corrected chi connectivity index (χ3v) is 8.71. The fourth-order valence-corrected chi connectivity index (χ4v) is 6.71. The Balaban J connectivity index is 1.32. The van der Waals surface area contributed by atoms with Gasteiger partial charge in [-0.3, -0.25) is 0 Å². The number of para-hydroxylation sites is 2. The first-order valence-corrected chi connectivity index (χ1v) is 14.4. The highest BCUT2D eigenvalue weighted by Crippen LogP contribution is 2.43. The quantitative estimate of drug-likeness (QED) is 0.200. The summed E-state index contributed by atoms with van der Waals surface area (Å²) in [5.74, 6) is 0. The largest absolute Gasteiger partial charge is 0.465 e. The molecule has 0 N–H and O–H groups in total. The standard InChI is InChI=1S/C39H24N2O2/c1-22-11-14-33-28(17-22)29-18-23(2)12-15-34(29)41(33)35-9-6-8-27-31-20-25(21-32(40-3)38(31)43-39(27)35)24-13-16-37-30(19-24)26-7-4-5-10-36(26)42-37/h4-21H,1-2H3. The first-order valence-electron chi connectivity index (χ1n) is 14.4. The second-order valence-corrected chi connectivity index (χ2v) is 11.4. The molecule has 6 aromatic carbocycles. The molecule has 3 aromatic heterocycles. The third kappa shape index (κ3) is 3.37. The van der Waals surface area contributed by atoms with Crippen molar-refractivity contribution in [2.24, 2.45) is 0 Å². The molecule has 202 valence electrons. The molecule has 0 radical (unpaired) electrons. The smallest absolute Gasteiger partial charge is 0.230 e. The molecule has 0 atom stereocenters. The molecule has 3 heterocycles. The molecule has 0 aliphatic rings. The topological polar surface area (TPSA) is 35.6 Å². The molecule has 0 saturated carbocycles. The number of hydrogen-bond donors (Lipinski definition) is 0. The van der Waals surface area contributed by atoms with Gasteiger partial charge in [-0.2, -0.15) is 0 Å². The Labute approximate surface area is 246 Å². The van der Waals surface area contributed by atoms with Crippen LogP contribution < -0.4 is 0 Å². The highest BCUT2D eigenvalue weighted by Gasteiger charge is 2.20. The summed E-state index contributed by atoms with van der Waals surface area (Å²) in [5.41, 5.74) is 11.3. The van der Waals surface area contributed by atoms with Gasteiger partial charge in [0.1, 0.15) is 16.7 Å². The second-order valence-electron chi connectivity index (χ2n) is 11.4. The molecule has 4 heteroatoms. The van der Waals surface area contributed by atoms with Crippen molar-refractivity contribution in [1.82, 2.24) is 4.57 Å². The lowest BCUT2D eigenvalue weighted by molar-refractivity contribution is 0.668. The van der Waals surface area contributed by atoms with Crippen molar-refractivity contribution < 1.29 is 8.83 Å². The van der Waals surface area contributed by atoms with Crippen molar-refractivity contribution >= 4 is 71.4 Å². The van der Waals surface area contributed by atoms with Gasteiger partial charge in [-0.25, -0.2) is 4.85 Å². The van der Waals surface area contributed by atoms with E-state index in [1.165, 1.54) is 21.9 Å². The Morgan fingerprint density at radius 3 is 2.00 bits per heavy atom. The minimum absolute atomic E-state index is 0.500. The van der Waals surface area contributed by atoms with Crippen LogP contribution in [0.1, 0.15) is 11.1 Å². The van der Waals surface area contributed by atoms with Crippen LogP contribution in [-0.4, -0.2) is 4.57 Å². The first-order chi connectivity index (χ1) is 21.1. The van der Waals surface area contributed by atoms with Crippen molar-refractivity contribution in [3.63, 3.8) is 0 Å². The van der Waals surface area contributed by atoms with Crippen molar-refractivity contribution in [3.05, 3.63) is 132 Å². The van der Waals surface area contributed by atoms with E-state index in [2.05, 4.69) is 102 Å². The minimum atomic E-state index is 0.500. The fraction of sp³-hybridized carbons (Fsp3) is 0.0513. The van der Waals surface area contributed by atoms with Gasteiger partial charge in [0.05, 0.1) is 23.3 Å². The van der Waals surface area contributed by atoms with E-state index in [1.54, 1.807) is 0 Å². The number of aromatic nitrogens is 1. The molecule has 0 aliphatic heterocycles. The summed E-state index contributed by atoms with van der Waals surface area (Å²) < 4.78 is 15.0.